The van der Waals surface area contributed by atoms with Crippen LogP contribution in [0.3, 0.4) is 0 Å². The highest BCUT2D eigenvalue weighted by Crippen LogP contribution is 2.44. The highest BCUT2D eigenvalue weighted by molar-refractivity contribution is 6.38. The van der Waals surface area contributed by atoms with Crippen molar-refractivity contribution in [1.29, 1.82) is 0 Å². The third-order valence-corrected chi connectivity index (χ3v) is 7.29. The second-order valence-corrected chi connectivity index (χ2v) is 10.3. The molecule has 0 saturated carbocycles. The van der Waals surface area contributed by atoms with Gasteiger partial charge in [-0.2, -0.15) is 22.0 Å². The largest absolute Gasteiger partial charge is 0.480 e. The molecule has 3 heterocycles. The summed E-state index contributed by atoms with van der Waals surface area (Å²) in [5, 5.41) is 12.9. The summed E-state index contributed by atoms with van der Waals surface area (Å²) in [4.78, 5) is 12.3. The Morgan fingerprint density at radius 1 is 0.953 bits per heavy atom. The number of aromatic nitrogens is 4. The Balaban J connectivity index is 1.72. The lowest BCUT2D eigenvalue weighted by Gasteiger charge is -2.30. The van der Waals surface area contributed by atoms with Gasteiger partial charge in [-0.25, -0.2) is 9.97 Å². The molecule has 0 aliphatic heterocycles. The van der Waals surface area contributed by atoms with Crippen LogP contribution in [0, 0.1) is 6.92 Å². The molecule has 5 rings (SSSR count). The highest BCUT2D eigenvalue weighted by Gasteiger charge is 2.39. The van der Waals surface area contributed by atoms with Crippen molar-refractivity contribution in [2.75, 3.05) is 7.11 Å². The molecule has 1 N–H and O–H groups in total. The van der Waals surface area contributed by atoms with Gasteiger partial charge in [0.2, 0.25) is 5.88 Å². The first-order valence-corrected chi connectivity index (χ1v) is 13.1. The van der Waals surface area contributed by atoms with Gasteiger partial charge < -0.3 is 19.1 Å². The third kappa shape index (κ3) is 5.59. The molecule has 0 amide bonds. The number of methoxy groups -OCH3 is 1. The zero-order valence-corrected chi connectivity index (χ0v) is 23.9. The topological polar surface area (TPSA) is 82.3 Å². The van der Waals surface area contributed by atoms with Crippen molar-refractivity contribution < 1.29 is 36.5 Å². The van der Waals surface area contributed by atoms with Gasteiger partial charge >= 0.3 is 12.3 Å². The predicted molar refractivity (Wildman–Crippen MR) is 149 cm³/mol. The molecular formula is C30H24ClF5N4O3. The van der Waals surface area contributed by atoms with Crippen molar-refractivity contribution in [2.24, 2.45) is 7.05 Å². The molecule has 43 heavy (non-hydrogen) atoms. The smallest absolute Gasteiger partial charge is 0.433 e. The summed E-state index contributed by atoms with van der Waals surface area (Å²) in [5.74, 6) is 0.0984. The van der Waals surface area contributed by atoms with Crippen LogP contribution in [0.25, 0.3) is 22.0 Å². The molecule has 1 atom stereocenters. The van der Waals surface area contributed by atoms with Crippen molar-refractivity contribution in [3.8, 4) is 22.8 Å². The predicted octanol–water partition coefficient (Wildman–Crippen LogP) is 7.30. The maximum atomic E-state index is 13.3. The second-order valence-electron chi connectivity index (χ2n) is 9.96. The van der Waals surface area contributed by atoms with Crippen LogP contribution in [0.1, 0.15) is 35.0 Å². The van der Waals surface area contributed by atoms with Crippen LogP contribution in [-0.4, -0.2) is 37.8 Å². The maximum absolute atomic E-state index is 13.3. The summed E-state index contributed by atoms with van der Waals surface area (Å²) in [6.45, 7) is 2.36. The molecule has 0 radical (unpaired) electrons. The molecule has 7 nitrogen and oxygen atoms in total. The van der Waals surface area contributed by atoms with E-state index in [-0.39, 0.29) is 33.5 Å². The molecule has 2 aromatic carbocycles. The minimum absolute atomic E-state index is 0.0592. The van der Waals surface area contributed by atoms with Gasteiger partial charge in [-0.15, -0.1) is 0 Å². The molecule has 3 aromatic heterocycles. The fourth-order valence-corrected chi connectivity index (χ4v) is 5.26. The van der Waals surface area contributed by atoms with Crippen LogP contribution in [0.2, 0.25) is 5.02 Å². The number of ether oxygens (including phenoxy) is 2. The number of benzene rings is 2. The molecule has 1 unspecified atom stereocenters. The van der Waals surface area contributed by atoms with Gasteiger partial charge in [0.15, 0.2) is 5.60 Å². The first-order chi connectivity index (χ1) is 20.1. The Morgan fingerprint density at radius 3 is 2.19 bits per heavy atom. The fourth-order valence-electron chi connectivity index (χ4n) is 4.93. The van der Waals surface area contributed by atoms with E-state index >= 15 is 0 Å². The average Bonchev–Trinajstić information content (AvgIpc) is 3.38. The van der Waals surface area contributed by atoms with Gasteiger partial charge in [-0.1, -0.05) is 35.9 Å². The van der Waals surface area contributed by atoms with E-state index in [9.17, 15) is 27.1 Å². The summed E-state index contributed by atoms with van der Waals surface area (Å²) in [5.41, 5.74) is -0.680. The molecule has 224 valence electrons. The molecule has 0 saturated heterocycles. The lowest BCUT2D eigenvalue weighted by atomic mass is 9.82. The van der Waals surface area contributed by atoms with Crippen molar-refractivity contribution in [3.63, 3.8) is 0 Å². The number of nitrogens with zero attached hydrogens (tertiary/aromatic N) is 4. The van der Waals surface area contributed by atoms with Crippen molar-refractivity contribution >= 4 is 22.5 Å². The maximum Gasteiger partial charge on any atom is 0.433 e. The van der Waals surface area contributed by atoms with Gasteiger partial charge in [-0.3, -0.25) is 4.98 Å². The molecule has 5 aromatic rings. The molecule has 0 bridgehead atoms. The second kappa shape index (κ2) is 10.8. The Kier molecular flexibility index (Phi) is 7.55. The van der Waals surface area contributed by atoms with E-state index in [2.05, 4.69) is 19.7 Å². The normalized spacial score (nSPS) is 13.7. The number of halogens is 6. The Bertz CT molecular complexity index is 1800. The average molecular weight is 619 g/mol. The fraction of sp³-hybridized carbons (Fsp3) is 0.233. The monoisotopic (exact) mass is 618 g/mol. The lowest BCUT2D eigenvalue weighted by molar-refractivity contribution is -0.159. The number of alkyl halides is 5. The van der Waals surface area contributed by atoms with Crippen LogP contribution in [0.5, 0.6) is 11.6 Å². The number of fused-ring (bicyclic) bond motifs is 1. The molecule has 0 aliphatic carbocycles. The molecule has 0 aliphatic rings. The lowest BCUT2D eigenvalue weighted by Crippen LogP contribution is -2.31. The Morgan fingerprint density at radius 2 is 1.65 bits per heavy atom. The van der Waals surface area contributed by atoms with E-state index in [1.165, 1.54) is 43.9 Å². The van der Waals surface area contributed by atoms with Gasteiger partial charge in [0, 0.05) is 31.1 Å². The van der Waals surface area contributed by atoms with Crippen molar-refractivity contribution in [2.45, 2.75) is 31.7 Å². The van der Waals surface area contributed by atoms with Gasteiger partial charge in [0.05, 0.1) is 41.4 Å². The third-order valence-electron chi connectivity index (χ3n) is 6.89. The minimum atomic E-state index is -4.67. The minimum Gasteiger partial charge on any atom is -0.480 e. The molecule has 0 spiro atoms. The number of rotatable bonds is 7. The number of hydrogen-bond acceptors (Lipinski definition) is 6. The van der Waals surface area contributed by atoms with Crippen LogP contribution in [0.15, 0.2) is 67.3 Å². The molecule has 13 heteroatoms. The van der Waals surface area contributed by atoms with Crippen LogP contribution >= 0.6 is 11.6 Å². The number of aliphatic hydroxyl groups is 1. The van der Waals surface area contributed by atoms with Gasteiger partial charge in [0.25, 0.3) is 0 Å². The van der Waals surface area contributed by atoms with E-state index in [0.717, 1.165) is 18.3 Å². The number of pyridine rings is 2. The number of imidazole rings is 1. The van der Waals surface area contributed by atoms with E-state index < -0.39 is 23.6 Å². The first-order valence-electron chi connectivity index (χ1n) is 12.7. The standard InChI is InChI=1S/C30H24ClF5N4O3/c1-16-11-19(29(41,23-14-37-15-40(23)3)18-7-10-22(38-13-18)30(34,35)36)12-21-25(31)24(27(42-4)39-26(16)21)17-5-8-20(9-6-17)43-28(2,32)33/h5-15,41H,1-4H3. The van der Waals surface area contributed by atoms with E-state index in [1.54, 1.807) is 30.7 Å². The number of aryl methyl sites for hydroxylation is 2. The van der Waals surface area contributed by atoms with Crippen LogP contribution < -0.4 is 9.47 Å². The van der Waals surface area contributed by atoms with E-state index in [0.29, 0.717) is 34.5 Å². The summed E-state index contributed by atoms with van der Waals surface area (Å²) in [6.07, 6.45) is -4.22. The van der Waals surface area contributed by atoms with Gasteiger partial charge in [-0.05, 0) is 47.9 Å². The summed E-state index contributed by atoms with van der Waals surface area (Å²) >= 11 is 6.97. The van der Waals surface area contributed by atoms with Gasteiger partial charge in [0.1, 0.15) is 11.4 Å². The van der Waals surface area contributed by atoms with Crippen LogP contribution in [-0.2, 0) is 18.8 Å². The quantitative estimate of drug-likeness (QED) is 0.193. The zero-order valence-electron chi connectivity index (χ0n) is 23.2. The summed E-state index contributed by atoms with van der Waals surface area (Å²) < 4.78 is 78.2. The van der Waals surface area contributed by atoms with Crippen molar-refractivity contribution in [3.05, 3.63) is 100 Å². The van der Waals surface area contributed by atoms with E-state index in [4.69, 9.17) is 16.3 Å². The van der Waals surface area contributed by atoms with Crippen molar-refractivity contribution in [1.82, 2.24) is 19.5 Å². The van der Waals surface area contributed by atoms with Crippen LogP contribution in [0.4, 0.5) is 22.0 Å². The molecular weight excluding hydrogens is 595 g/mol. The van der Waals surface area contributed by atoms with E-state index in [1.807, 2.05) is 0 Å². The highest BCUT2D eigenvalue weighted by atomic mass is 35.5. The Hall–Kier alpha value is -4.29. The Labute approximate surface area is 247 Å². The zero-order chi connectivity index (χ0) is 31.3. The summed E-state index contributed by atoms with van der Waals surface area (Å²) in [7, 11) is 3.05. The summed E-state index contributed by atoms with van der Waals surface area (Å²) in [6, 6.07) is 10.9. The SMILES string of the molecule is COc1nc2c(C)cc(C(O)(c3ccc(C(F)(F)F)nc3)c3cncn3C)cc2c(Cl)c1-c1ccc(OC(C)(F)F)cc1. The molecule has 0 fully saturated rings. The first kappa shape index (κ1) is 30.2. The number of hydrogen-bond donors (Lipinski definition) is 1.